The van der Waals surface area contributed by atoms with Gasteiger partial charge in [-0.15, -0.1) is 0 Å². The van der Waals surface area contributed by atoms with Crippen molar-refractivity contribution in [3.05, 3.63) is 11.8 Å². The maximum absolute atomic E-state index is 10.4. The van der Waals surface area contributed by atoms with Crippen molar-refractivity contribution in [3.8, 4) is 0 Å². The average Bonchev–Trinajstić information content (AvgIpc) is 1.88. The number of carbonyl (C=O) groups excluding carboxylic acids is 2. The first-order valence-corrected chi connectivity index (χ1v) is 2.73. The van der Waals surface area contributed by atoms with Crippen LogP contribution in [0.25, 0.3) is 0 Å². The predicted octanol–water partition coefficient (Wildman–Crippen LogP) is -1.33. The Hall–Kier alpha value is -1.52. The van der Waals surface area contributed by atoms with Gasteiger partial charge in [0.2, 0.25) is 5.91 Å². The monoisotopic (exact) mass is 141 g/mol. The van der Waals surface area contributed by atoms with E-state index in [0.29, 0.717) is 5.57 Å². The van der Waals surface area contributed by atoms with Crippen molar-refractivity contribution >= 4 is 11.9 Å². The highest BCUT2D eigenvalue weighted by molar-refractivity contribution is 5.94. The molecule has 5 heteroatoms. The second kappa shape index (κ2) is 2.38. The van der Waals surface area contributed by atoms with E-state index in [4.69, 9.17) is 5.73 Å². The second-order valence-corrected chi connectivity index (χ2v) is 1.86. The summed E-state index contributed by atoms with van der Waals surface area (Å²) in [4.78, 5) is 20.8. The molecular weight excluding hydrogens is 134 g/mol. The minimum Gasteiger partial charge on any atom is -0.366 e. The Balaban J connectivity index is 2.65. The van der Waals surface area contributed by atoms with Gasteiger partial charge in [0, 0.05) is 6.20 Å². The SMILES string of the molecule is NC(=O)C1=CNC(=O)NC1. The molecule has 1 rings (SSSR count). The van der Waals surface area contributed by atoms with Gasteiger partial charge in [0.1, 0.15) is 0 Å². The third kappa shape index (κ3) is 1.25. The summed E-state index contributed by atoms with van der Waals surface area (Å²) < 4.78 is 0. The van der Waals surface area contributed by atoms with Gasteiger partial charge in [0.15, 0.2) is 0 Å². The molecule has 1 aliphatic heterocycles. The van der Waals surface area contributed by atoms with E-state index in [-0.39, 0.29) is 12.6 Å². The predicted molar refractivity (Wildman–Crippen MR) is 33.8 cm³/mol. The van der Waals surface area contributed by atoms with Crippen molar-refractivity contribution in [2.45, 2.75) is 0 Å². The first-order valence-electron chi connectivity index (χ1n) is 2.73. The van der Waals surface area contributed by atoms with Crippen LogP contribution in [0.3, 0.4) is 0 Å². The van der Waals surface area contributed by atoms with E-state index in [2.05, 4.69) is 10.6 Å². The van der Waals surface area contributed by atoms with E-state index < -0.39 is 5.91 Å². The van der Waals surface area contributed by atoms with Crippen LogP contribution in [0.15, 0.2) is 11.8 Å². The Morgan fingerprint density at radius 2 is 2.40 bits per heavy atom. The van der Waals surface area contributed by atoms with E-state index >= 15 is 0 Å². The molecule has 0 aromatic carbocycles. The maximum Gasteiger partial charge on any atom is 0.319 e. The van der Waals surface area contributed by atoms with Crippen LogP contribution in [-0.2, 0) is 4.79 Å². The fourth-order valence-electron chi connectivity index (χ4n) is 0.588. The van der Waals surface area contributed by atoms with Crippen molar-refractivity contribution in [1.29, 1.82) is 0 Å². The number of urea groups is 1. The molecule has 4 N–H and O–H groups in total. The quantitative estimate of drug-likeness (QED) is 0.422. The number of primary amides is 1. The van der Waals surface area contributed by atoms with Gasteiger partial charge in [-0.3, -0.25) is 4.79 Å². The van der Waals surface area contributed by atoms with E-state index in [9.17, 15) is 9.59 Å². The van der Waals surface area contributed by atoms with Crippen molar-refractivity contribution in [1.82, 2.24) is 10.6 Å². The Bertz CT molecular complexity index is 209. The summed E-state index contributed by atoms with van der Waals surface area (Å²) in [5.74, 6) is -0.521. The van der Waals surface area contributed by atoms with Gasteiger partial charge < -0.3 is 16.4 Å². The standard InChI is InChI=1S/C5H7N3O2/c6-4(9)3-1-7-5(10)8-2-3/h1H,2H2,(H2,6,9)(H2,7,8,10). The molecular formula is C5H7N3O2. The van der Waals surface area contributed by atoms with Crippen molar-refractivity contribution in [2.24, 2.45) is 5.73 Å². The Labute approximate surface area is 57.3 Å². The lowest BCUT2D eigenvalue weighted by molar-refractivity contribution is -0.114. The molecule has 0 aromatic rings. The number of amides is 3. The summed E-state index contributed by atoms with van der Waals surface area (Å²) in [7, 11) is 0. The molecule has 1 aliphatic rings. The van der Waals surface area contributed by atoms with E-state index in [1.807, 2.05) is 0 Å². The summed E-state index contributed by atoms with van der Waals surface area (Å²) in [6, 6.07) is -0.315. The zero-order valence-corrected chi connectivity index (χ0v) is 5.18. The first-order chi connectivity index (χ1) is 4.70. The number of carbonyl (C=O) groups is 2. The minimum absolute atomic E-state index is 0.209. The lowest BCUT2D eigenvalue weighted by Crippen LogP contribution is -2.41. The topological polar surface area (TPSA) is 84.2 Å². The zero-order valence-electron chi connectivity index (χ0n) is 5.18. The molecule has 0 spiro atoms. The van der Waals surface area contributed by atoms with E-state index in [0.717, 1.165) is 0 Å². The van der Waals surface area contributed by atoms with Gasteiger partial charge in [0.25, 0.3) is 0 Å². The summed E-state index contributed by atoms with van der Waals surface area (Å²) in [6.07, 6.45) is 1.31. The summed E-state index contributed by atoms with van der Waals surface area (Å²) in [5, 5.41) is 4.69. The zero-order chi connectivity index (χ0) is 7.56. The molecule has 0 atom stereocenters. The molecule has 0 unspecified atom stereocenters. The number of nitrogens with one attached hydrogen (secondary N) is 2. The van der Waals surface area contributed by atoms with Crippen LogP contribution in [0.2, 0.25) is 0 Å². The first kappa shape index (κ1) is 6.60. The smallest absolute Gasteiger partial charge is 0.319 e. The highest BCUT2D eigenvalue weighted by Gasteiger charge is 2.11. The van der Waals surface area contributed by atoms with Crippen LogP contribution < -0.4 is 16.4 Å². The van der Waals surface area contributed by atoms with E-state index in [1.54, 1.807) is 0 Å². The average molecular weight is 141 g/mol. The normalized spacial score (nSPS) is 16.8. The van der Waals surface area contributed by atoms with Gasteiger partial charge in [-0.2, -0.15) is 0 Å². The van der Waals surface area contributed by atoms with Gasteiger partial charge in [-0.05, 0) is 0 Å². The third-order valence-electron chi connectivity index (χ3n) is 1.13. The van der Waals surface area contributed by atoms with Crippen LogP contribution in [0, 0.1) is 0 Å². The molecule has 0 bridgehead atoms. The van der Waals surface area contributed by atoms with Crippen LogP contribution in [0.1, 0.15) is 0 Å². The molecule has 10 heavy (non-hydrogen) atoms. The second-order valence-electron chi connectivity index (χ2n) is 1.86. The maximum atomic E-state index is 10.4. The van der Waals surface area contributed by atoms with Gasteiger partial charge >= 0.3 is 6.03 Å². The van der Waals surface area contributed by atoms with Crippen molar-refractivity contribution in [2.75, 3.05) is 6.54 Å². The van der Waals surface area contributed by atoms with Crippen LogP contribution >= 0.6 is 0 Å². The highest BCUT2D eigenvalue weighted by Crippen LogP contribution is 1.92. The van der Waals surface area contributed by atoms with E-state index in [1.165, 1.54) is 6.20 Å². The van der Waals surface area contributed by atoms with Crippen molar-refractivity contribution in [3.63, 3.8) is 0 Å². The molecule has 0 radical (unpaired) electrons. The minimum atomic E-state index is -0.521. The Morgan fingerprint density at radius 1 is 1.70 bits per heavy atom. The third-order valence-corrected chi connectivity index (χ3v) is 1.13. The van der Waals surface area contributed by atoms with Gasteiger partial charge in [0.05, 0.1) is 12.1 Å². The molecule has 5 nitrogen and oxygen atoms in total. The molecule has 0 fully saturated rings. The lowest BCUT2D eigenvalue weighted by Gasteiger charge is -2.11. The number of rotatable bonds is 1. The number of nitrogens with two attached hydrogens (primary N) is 1. The number of hydrogen-bond donors (Lipinski definition) is 3. The Kier molecular flexibility index (Phi) is 1.57. The highest BCUT2D eigenvalue weighted by atomic mass is 16.2. The van der Waals surface area contributed by atoms with Crippen LogP contribution in [-0.4, -0.2) is 18.5 Å². The van der Waals surface area contributed by atoms with Gasteiger partial charge in [-0.25, -0.2) is 4.79 Å². The lowest BCUT2D eigenvalue weighted by atomic mass is 10.2. The van der Waals surface area contributed by atoms with Crippen molar-refractivity contribution < 1.29 is 9.59 Å². The summed E-state index contributed by atoms with van der Waals surface area (Å²) >= 11 is 0. The molecule has 0 saturated heterocycles. The fourth-order valence-corrected chi connectivity index (χ4v) is 0.588. The van der Waals surface area contributed by atoms with Crippen LogP contribution in [0.5, 0.6) is 0 Å². The fraction of sp³-hybridized carbons (Fsp3) is 0.200. The Morgan fingerprint density at radius 3 is 2.80 bits per heavy atom. The molecule has 0 aromatic heterocycles. The summed E-state index contributed by atoms with van der Waals surface area (Å²) in [6.45, 7) is 0.209. The molecule has 0 saturated carbocycles. The number of hydrogen-bond acceptors (Lipinski definition) is 2. The molecule has 3 amide bonds. The molecule has 0 aliphatic carbocycles. The molecule has 54 valence electrons. The van der Waals surface area contributed by atoms with Gasteiger partial charge in [-0.1, -0.05) is 0 Å². The van der Waals surface area contributed by atoms with Crippen LogP contribution in [0.4, 0.5) is 4.79 Å². The largest absolute Gasteiger partial charge is 0.366 e. The summed E-state index contributed by atoms with van der Waals surface area (Å²) in [5.41, 5.74) is 5.29. The molecule has 1 heterocycles.